The lowest BCUT2D eigenvalue weighted by atomic mass is 9.94. The van der Waals surface area contributed by atoms with Crippen LogP contribution in [-0.4, -0.2) is 63.4 Å². The predicted molar refractivity (Wildman–Crippen MR) is 164 cm³/mol. The molecule has 41 heavy (non-hydrogen) atoms. The van der Waals surface area contributed by atoms with Gasteiger partial charge in [-0.15, -0.1) is 0 Å². The van der Waals surface area contributed by atoms with Crippen molar-refractivity contribution in [2.75, 3.05) is 31.5 Å². The molecular formula is C34H39N5O2. The summed E-state index contributed by atoms with van der Waals surface area (Å²) in [4.78, 5) is 35.2. The minimum absolute atomic E-state index is 0.0272. The molecule has 6 rings (SSSR count). The predicted octanol–water partition coefficient (Wildman–Crippen LogP) is 6.00. The highest BCUT2D eigenvalue weighted by atomic mass is 16.2. The third-order valence-corrected chi connectivity index (χ3v) is 8.79. The summed E-state index contributed by atoms with van der Waals surface area (Å²) in [5.41, 5.74) is 5.52. The second-order valence-electron chi connectivity index (χ2n) is 11.4. The van der Waals surface area contributed by atoms with Gasteiger partial charge < -0.3 is 14.8 Å². The molecule has 2 amide bonds. The number of anilines is 1. The van der Waals surface area contributed by atoms with Crippen molar-refractivity contribution in [2.24, 2.45) is 0 Å². The molecule has 1 aliphatic carbocycles. The van der Waals surface area contributed by atoms with Crippen molar-refractivity contribution in [3.8, 4) is 5.69 Å². The van der Waals surface area contributed by atoms with Crippen molar-refractivity contribution < 1.29 is 9.59 Å². The van der Waals surface area contributed by atoms with E-state index in [1.807, 2.05) is 60.4 Å². The minimum Gasteiger partial charge on any atom is -0.336 e. The van der Waals surface area contributed by atoms with Crippen LogP contribution in [0.5, 0.6) is 0 Å². The number of pyridine rings is 1. The Balaban J connectivity index is 1.17. The molecule has 2 fully saturated rings. The zero-order chi connectivity index (χ0) is 28.2. The van der Waals surface area contributed by atoms with Crippen LogP contribution < -0.4 is 5.32 Å². The summed E-state index contributed by atoms with van der Waals surface area (Å²) < 4.78 is 2.16. The first kappa shape index (κ1) is 27.2. The number of carbonyl (C=O) groups is 2. The van der Waals surface area contributed by atoms with Crippen LogP contribution >= 0.6 is 0 Å². The fraction of sp³-hybridized carbons (Fsp3) is 0.382. The number of hydrogen-bond acceptors (Lipinski definition) is 4. The number of amides is 2. The van der Waals surface area contributed by atoms with Crippen LogP contribution in [0.4, 0.5) is 5.69 Å². The number of hydrogen-bond donors (Lipinski definition) is 1. The Bertz CT molecular complexity index is 1500. The monoisotopic (exact) mass is 549 g/mol. The van der Waals surface area contributed by atoms with Gasteiger partial charge in [0.05, 0.1) is 11.1 Å². The molecule has 1 saturated carbocycles. The average molecular weight is 550 g/mol. The van der Waals surface area contributed by atoms with E-state index in [1.54, 1.807) is 12.4 Å². The number of para-hydroxylation sites is 1. The van der Waals surface area contributed by atoms with E-state index >= 15 is 0 Å². The number of aryl methyl sites for hydroxylation is 1. The van der Waals surface area contributed by atoms with Gasteiger partial charge in [0.1, 0.15) is 0 Å². The van der Waals surface area contributed by atoms with Crippen molar-refractivity contribution >= 4 is 28.4 Å². The molecule has 2 aromatic heterocycles. The van der Waals surface area contributed by atoms with Gasteiger partial charge in [-0.2, -0.15) is 0 Å². The van der Waals surface area contributed by atoms with Crippen LogP contribution in [0.25, 0.3) is 16.6 Å². The topological polar surface area (TPSA) is 70.5 Å². The molecule has 1 saturated heterocycles. The van der Waals surface area contributed by atoms with Crippen molar-refractivity contribution in [1.29, 1.82) is 0 Å². The number of carbonyl (C=O) groups excluding carboxylic acids is 2. The fourth-order valence-electron chi connectivity index (χ4n) is 6.59. The normalized spacial score (nSPS) is 16.7. The Kier molecular flexibility index (Phi) is 8.14. The van der Waals surface area contributed by atoms with E-state index in [2.05, 4.69) is 31.9 Å². The van der Waals surface area contributed by atoms with Gasteiger partial charge in [-0.3, -0.25) is 19.5 Å². The molecule has 3 heterocycles. The molecule has 0 bridgehead atoms. The van der Waals surface area contributed by atoms with Gasteiger partial charge >= 0.3 is 0 Å². The van der Waals surface area contributed by atoms with E-state index in [-0.39, 0.29) is 11.8 Å². The van der Waals surface area contributed by atoms with Gasteiger partial charge in [0, 0.05) is 73.5 Å². The van der Waals surface area contributed by atoms with E-state index in [1.165, 1.54) is 32.1 Å². The van der Waals surface area contributed by atoms with Gasteiger partial charge in [-0.05, 0) is 68.1 Å². The first-order chi connectivity index (χ1) is 20.1. The Hall–Kier alpha value is -3.97. The zero-order valence-electron chi connectivity index (χ0n) is 23.9. The van der Waals surface area contributed by atoms with Gasteiger partial charge in [-0.25, -0.2) is 0 Å². The Morgan fingerprint density at radius 2 is 1.66 bits per heavy atom. The largest absolute Gasteiger partial charge is 0.336 e. The highest BCUT2D eigenvalue weighted by molar-refractivity contribution is 6.09. The summed E-state index contributed by atoms with van der Waals surface area (Å²) >= 11 is 0. The lowest BCUT2D eigenvalue weighted by Gasteiger charge is -2.40. The van der Waals surface area contributed by atoms with Gasteiger partial charge in [0.25, 0.3) is 5.91 Å². The lowest BCUT2D eigenvalue weighted by Crippen LogP contribution is -2.52. The van der Waals surface area contributed by atoms with Gasteiger partial charge in [0.15, 0.2) is 0 Å². The summed E-state index contributed by atoms with van der Waals surface area (Å²) in [5.74, 6) is 0.0962. The minimum atomic E-state index is -0.0272. The first-order valence-electron chi connectivity index (χ1n) is 15.0. The highest BCUT2D eigenvalue weighted by Crippen LogP contribution is 2.31. The van der Waals surface area contributed by atoms with E-state index in [0.717, 1.165) is 65.3 Å². The maximum Gasteiger partial charge on any atom is 0.256 e. The lowest BCUT2D eigenvalue weighted by molar-refractivity contribution is -0.116. The zero-order valence-corrected chi connectivity index (χ0v) is 23.9. The number of benzene rings is 2. The Morgan fingerprint density at radius 3 is 2.39 bits per heavy atom. The molecule has 2 aromatic carbocycles. The maximum absolute atomic E-state index is 13.9. The summed E-state index contributed by atoms with van der Waals surface area (Å²) in [7, 11) is 0. The van der Waals surface area contributed by atoms with Crippen molar-refractivity contribution in [2.45, 2.75) is 57.9 Å². The fourth-order valence-corrected chi connectivity index (χ4v) is 6.59. The molecule has 0 radical (unpaired) electrons. The molecule has 0 spiro atoms. The summed E-state index contributed by atoms with van der Waals surface area (Å²) in [6.07, 6.45) is 11.2. The molecule has 7 heteroatoms. The Morgan fingerprint density at radius 1 is 0.902 bits per heavy atom. The maximum atomic E-state index is 13.9. The third-order valence-electron chi connectivity index (χ3n) is 8.79. The summed E-state index contributed by atoms with van der Waals surface area (Å²) in [6.45, 7) is 5.53. The average Bonchev–Trinajstić information content (AvgIpc) is 3.32. The van der Waals surface area contributed by atoms with E-state index in [0.29, 0.717) is 18.9 Å². The van der Waals surface area contributed by atoms with E-state index < -0.39 is 0 Å². The number of nitrogens with zero attached hydrogens (tertiary/aromatic N) is 4. The van der Waals surface area contributed by atoms with Crippen molar-refractivity contribution in [3.05, 3.63) is 89.9 Å². The number of piperazine rings is 1. The number of rotatable bonds is 7. The number of fused-ring (bicyclic) bond motifs is 1. The Labute approximate surface area is 242 Å². The molecule has 212 valence electrons. The summed E-state index contributed by atoms with van der Waals surface area (Å²) in [5, 5.41) is 3.99. The molecule has 1 aliphatic heterocycles. The molecule has 4 aromatic rings. The smallest absolute Gasteiger partial charge is 0.256 e. The molecule has 1 N–H and O–H groups in total. The van der Waals surface area contributed by atoms with E-state index in [4.69, 9.17) is 0 Å². The van der Waals surface area contributed by atoms with Crippen molar-refractivity contribution in [3.63, 3.8) is 0 Å². The van der Waals surface area contributed by atoms with E-state index in [9.17, 15) is 9.59 Å². The molecule has 0 unspecified atom stereocenters. The SMILES string of the molecule is Cc1c(C(=O)N2CCN(C3CCCCC3)CC2)c2ccccc2n1-c1ccc(NC(=O)CCc2cccnc2)cc1. The third kappa shape index (κ3) is 5.91. The standard InChI is InChI=1S/C34H39N5O2/c1-25-33(34(41)38-22-20-37(21-23-38)28-9-3-2-4-10-28)30-11-5-6-12-31(30)39(25)29-16-14-27(15-17-29)36-32(40)18-13-26-8-7-19-35-24-26/h5-8,11-12,14-17,19,24,28H,2-4,9-10,13,18,20-23H2,1H3,(H,36,40). The molecular weight excluding hydrogens is 510 g/mol. The van der Waals surface area contributed by atoms with Crippen LogP contribution in [-0.2, 0) is 11.2 Å². The number of aromatic nitrogens is 2. The molecule has 0 atom stereocenters. The molecule has 7 nitrogen and oxygen atoms in total. The first-order valence-corrected chi connectivity index (χ1v) is 15.0. The number of nitrogens with one attached hydrogen (secondary N) is 1. The summed E-state index contributed by atoms with van der Waals surface area (Å²) in [6, 6.07) is 20.6. The van der Waals surface area contributed by atoms with Crippen molar-refractivity contribution in [1.82, 2.24) is 19.4 Å². The second kappa shape index (κ2) is 12.3. The van der Waals surface area contributed by atoms with Crippen LogP contribution in [0.2, 0.25) is 0 Å². The van der Waals surface area contributed by atoms with Gasteiger partial charge in [-0.1, -0.05) is 43.5 Å². The highest BCUT2D eigenvalue weighted by Gasteiger charge is 2.30. The molecule has 2 aliphatic rings. The second-order valence-corrected chi connectivity index (χ2v) is 11.4. The van der Waals surface area contributed by atoms with Crippen LogP contribution in [0, 0.1) is 6.92 Å². The van der Waals surface area contributed by atoms with Crippen LogP contribution in [0.3, 0.4) is 0 Å². The van der Waals surface area contributed by atoms with Gasteiger partial charge in [0.2, 0.25) is 5.91 Å². The van der Waals surface area contributed by atoms with Crippen LogP contribution in [0.1, 0.15) is 60.1 Å². The quantitative estimate of drug-likeness (QED) is 0.307. The van der Waals surface area contributed by atoms with Crippen LogP contribution in [0.15, 0.2) is 73.1 Å².